The highest BCUT2D eigenvalue weighted by molar-refractivity contribution is 5.86. The van der Waals surface area contributed by atoms with E-state index >= 15 is 0 Å². The number of nitrogens with one attached hydrogen (secondary N) is 1. The predicted molar refractivity (Wildman–Crippen MR) is 133 cm³/mol. The van der Waals surface area contributed by atoms with Crippen LogP contribution < -0.4 is 5.32 Å². The summed E-state index contributed by atoms with van der Waals surface area (Å²) in [6.45, 7) is 6.33. The van der Waals surface area contributed by atoms with E-state index in [0.29, 0.717) is 25.8 Å². The van der Waals surface area contributed by atoms with Gasteiger partial charge in [0.25, 0.3) is 0 Å². The van der Waals surface area contributed by atoms with Gasteiger partial charge in [-0.15, -0.1) is 0 Å². The topological polar surface area (TPSA) is 95.9 Å². The standard InChI is InChI=1S/C28H34N2O5/c1-4-17(2)25(26(31)30-14-13-19(27(32)33)15-18(30)3)29-28(34)35-16-24-22-11-7-5-9-20(22)21-10-6-8-12-23(21)24/h5-12,17-19,24-25H,4,13-16H2,1-3H3,(H,29,34)(H,32,33)/t17-,18?,19?,25-/m0/s1. The van der Waals surface area contributed by atoms with Crippen molar-refractivity contribution in [2.24, 2.45) is 11.8 Å². The van der Waals surface area contributed by atoms with Crippen LogP contribution in [0.2, 0.25) is 0 Å². The highest BCUT2D eigenvalue weighted by Gasteiger charge is 2.37. The van der Waals surface area contributed by atoms with E-state index in [1.807, 2.05) is 45.0 Å². The molecule has 1 aliphatic heterocycles. The molecular weight excluding hydrogens is 444 g/mol. The Balaban J connectivity index is 1.43. The molecule has 2 aliphatic rings. The Kier molecular flexibility index (Phi) is 7.43. The van der Waals surface area contributed by atoms with Gasteiger partial charge in [0.15, 0.2) is 0 Å². The fraction of sp³-hybridized carbons (Fsp3) is 0.464. The molecule has 2 unspecified atom stereocenters. The lowest BCUT2D eigenvalue weighted by molar-refractivity contribution is -0.148. The minimum Gasteiger partial charge on any atom is -0.481 e. The van der Waals surface area contributed by atoms with E-state index in [0.717, 1.165) is 22.3 Å². The molecule has 7 nitrogen and oxygen atoms in total. The number of fused-ring (bicyclic) bond motifs is 3. The molecule has 35 heavy (non-hydrogen) atoms. The lowest BCUT2D eigenvalue weighted by Gasteiger charge is -2.39. The Bertz CT molecular complexity index is 1050. The molecule has 2 aromatic rings. The highest BCUT2D eigenvalue weighted by Crippen LogP contribution is 2.44. The third kappa shape index (κ3) is 5.04. The summed E-state index contributed by atoms with van der Waals surface area (Å²) in [6, 6.07) is 15.4. The summed E-state index contributed by atoms with van der Waals surface area (Å²) in [5, 5.41) is 12.2. The number of benzene rings is 2. The maximum absolute atomic E-state index is 13.4. The minimum absolute atomic E-state index is 0.0547. The Hall–Kier alpha value is -3.35. The largest absolute Gasteiger partial charge is 0.481 e. The van der Waals surface area contributed by atoms with Crippen LogP contribution in [-0.2, 0) is 14.3 Å². The zero-order valence-electron chi connectivity index (χ0n) is 20.6. The van der Waals surface area contributed by atoms with Crippen molar-refractivity contribution in [2.75, 3.05) is 13.2 Å². The van der Waals surface area contributed by atoms with Crippen LogP contribution >= 0.6 is 0 Å². The van der Waals surface area contributed by atoms with Gasteiger partial charge in [0.1, 0.15) is 12.6 Å². The van der Waals surface area contributed by atoms with E-state index < -0.39 is 24.0 Å². The van der Waals surface area contributed by atoms with Crippen molar-refractivity contribution in [1.82, 2.24) is 10.2 Å². The smallest absolute Gasteiger partial charge is 0.407 e. The molecule has 1 fully saturated rings. The Morgan fingerprint density at radius 2 is 1.69 bits per heavy atom. The number of carboxylic acids is 1. The number of carboxylic acid groups (broad SMARTS) is 1. The number of ether oxygens (including phenoxy) is 1. The second kappa shape index (κ2) is 10.5. The first-order valence-corrected chi connectivity index (χ1v) is 12.5. The Morgan fingerprint density at radius 3 is 2.23 bits per heavy atom. The van der Waals surface area contributed by atoms with E-state index in [1.165, 1.54) is 0 Å². The van der Waals surface area contributed by atoms with Gasteiger partial charge in [0.2, 0.25) is 5.91 Å². The van der Waals surface area contributed by atoms with E-state index in [9.17, 15) is 19.5 Å². The van der Waals surface area contributed by atoms with Crippen molar-refractivity contribution < 1.29 is 24.2 Å². The summed E-state index contributed by atoms with van der Waals surface area (Å²) in [5.74, 6) is -1.58. The predicted octanol–water partition coefficient (Wildman–Crippen LogP) is 4.65. The summed E-state index contributed by atoms with van der Waals surface area (Å²) in [6.07, 6.45) is 0.932. The molecular formula is C28H34N2O5. The van der Waals surface area contributed by atoms with Crippen molar-refractivity contribution in [3.05, 3.63) is 59.7 Å². The molecule has 0 saturated carbocycles. The lowest BCUT2D eigenvalue weighted by Crippen LogP contribution is -2.56. The number of carbonyl (C=O) groups is 3. The number of carbonyl (C=O) groups excluding carboxylic acids is 2. The van der Waals surface area contributed by atoms with Crippen LogP contribution in [0.4, 0.5) is 4.79 Å². The van der Waals surface area contributed by atoms with Gasteiger partial charge in [0.05, 0.1) is 5.92 Å². The number of rotatable bonds is 7. The first-order valence-electron chi connectivity index (χ1n) is 12.5. The maximum atomic E-state index is 13.4. The molecule has 0 radical (unpaired) electrons. The minimum atomic E-state index is -0.820. The third-order valence-corrected chi connectivity index (χ3v) is 7.60. The van der Waals surface area contributed by atoms with Crippen LogP contribution in [0.25, 0.3) is 11.1 Å². The van der Waals surface area contributed by atoms with Crippen molar-refractivity contribution in [2.45, 2.75) is 58.0 Å². The summed E-state index contributed by atoms with van der Waals surface area (Å²) in [4.78, 5) is 39.4. The molecule has 1 heterocycles. The number of hydrogen-bond acceptors (Lipinski definition) is 4. The molecule has 7 heteroatoms. The average Bonchev–Trinajstić information content (AvgIpc) is 3.18. The quantitative estimate of drug-likeness (QED) is 0.604. The molecule has 2 aromatic carbocycles. The maximum Gasteiger partial charge on any atom is 0.407 e. The number of likely N-dealkylation sites (tertiary alicyclic amines) is 1. The molecule has 4 rings (SSSR count). The van der Waals surface area contributed by atoms with Gasteiger partial charge in [-0.25, -0.2) is 4.79 Å². The summed E-state index contributed by atoms with van der Waals surface area (Å²) in [7, 11) is 0. The monoisotopic (exact) mass is 478 g/mol. The molecule has 1 aliphatic carbocycles. The van der Waals surface area contributed by atoms with Crippen molar-refractivity contribution >= 4 is 18.0 Å². The lowest BCUT2D eigenvalue weighted by atomic mass is 9.90. The molecule has 2 amide bonds. The van der Waals surface area contributed by atoms with E-state index in [1.54, 1.807) is 4.90 Å². The van der Waals surface area contributed by atoms with Gasteiger partial charge in [0, 0.05) is 18.5 Å². The zero-order chi connectivity index (χ0) is 25.1. The molecule has 1 saturated heterocycles. The van der Waals surface area contributed by atoms with Crippen LogP contribution in [0.1, 0.15) is 57.1 Å². The SMILES string of the molecule is CC[C@H](C)[C@H](NC(=O)OCC1c2ccccc2-c2ccccc21)C(=O)N1CCC(C(=O)O)CC1C. The van der Waals surface area contributed by atoms with Crippen molar-refractivity contribution in [3.63, 3.8) is 0 Å². The number of alkyl carbamates (subject to hydrolysis) is 1. The Morgan fingerprint density at radius 1 is 1.09 bits per heavy atom. The van der Waals surface area contributed by atoms with Gasteiger partial charge >= 0.3 is 12.1 Å². The molecule has 0 spiro atoms. The molecule has 0 aromatic heterocycles. The van der Waals surface area contributed by atoms with Gasteiger partial charge in [-0.05, 0) is 47.9 Å². The van der Waals surface area contributed by atoms with Crippen LogP contribution in [0.3, 0.4) is 0 Å². The summed E-state index contributed by atoms with van der Waals surface area (Å²) in [5.41, 5.74) is 4.57. The van der Waals surface area contributed by atoms with Crippen LogP contribution in [0, 0.1) is 11.8 Å². The fourth-order valence-corrected chi connectivity index (χ4v) is 5.35. The Labute approximate surface area is 206 Å². The van der Waals surface area contributed by atoms with Gasteiger partial charge in [-0.2, -0.15) is 0 Å². The number of aliphatic carboxylic acids is 1. The van der Waals surface area contributed by atoms with E-state index in [-0.39, 0.29) is 30.4 Å². The molecule has 0 bridgehead atoms. The summed E-state index contributed by atoms with van der Waals surface area (Å²) >= 11 is 0. The highest BCUT2D eigenvalue weighted by atomic mass is 16.5. The number of piperidine rings is 1. The second-order valence-electron chi connectivity index (χ2n) is 9.77. The van der Waals surface area contributed by atoms with Crippen LogP contribution in [0.5, 0.6) is 0 Å². The van der Waals surface area contributed by atoms with Gasteiger partial charge in [-0.1, -0.05) is 68.8 Å². The molecule has 2 N–H and O–H groups in total. The van der Waals surface area contributed by atoms with E-state index in [4.69, 9.17) is 4.74 Å². The number of amides is 2. The van der Waals surface area contributed by atoms with Crippen molar-refractivity contribution in [1.29, 1.82) is 0 Å². The summed E-state index contributed by atoms with van der Waals surface area (Å²) < 4.78 is 5.68. The van der Waals surface area contributed by atoms with Gasteiger partial charge < -0.3 is 20.1 Å². The first-order chi connectivity index (χ1) is 16.8. The zero-order valence-corrected chi connectivity index (χ0v) is 20.6. The number of nitrogens with zero attached hydrogens (tertiary/aromatic N) is 1. The molecule has 4 atom stereocenters. The van der Waals surface area contributed by atoms with Crippen LogP contribution in [0.15, 0.2) is 48.5 Å². The second-order valence-corrected chi connectivity index (χ2v) is 9.77. The number of hydrogen-bond donors (Lipinski definition) is 2. The fourth-order valence-electron chi connectivity index (χ4n) is 5.35. The van der Waals surface area contributed by atoms with Gasteiger partial charge in [-0.3, -0.25) is 9.59 Å². The first kappa shape index (κ1) is 24.8. The molecule has 186 valence electrons. The van der Waals surface area contributed by atoms with E-state index in [2.05, 4.69) is 29.6 Å². The third-order valence-electron chi connectivity index (χ3n) is 7.60. The average molecular weight is 479 g/mol. The normalized spacial score (nSPS) is 20.9. The van der Waals surface area contributed by atoms with Crippen molar-refractivity contribution in [3.8, 4) is 11.1 Å². The van der Waals surface area contributed by atoms with Crippen LogP contribution in [-0.4, -0.2) is 53.2 Å².